The van der Waals surface area contributed by atoms with Gasteiger partial charge < -0.3 is 10.1 Å². The largest absolute Gasteiger partial charge is 0.376 e. The molecule has 2 heterocycles. The van der Waals surface area contributed by atoms with Crippen molar-refractivity contribution in [3.63, 3.8) is 0 Å². The van der Waals surface area contributed by atoms with Crippen LogP contribution in [0.15, 0.2) is 4.60 Å². The Kier molecular flexibility index (Phi) is 3.94. The number of halogens is 1. The molecule has 0 aromatic carbocycles. The number of nitrogens with zero attached hydrogens (tertiary/aromatic N) is 3. The molecule has 90 valence electrons. The van der Waals surface area contributed by atoms with Crippen LogP contribution >= 0.6 is 15.9 Å². The second-order valence-corrected chi connectivity index (χ2v) is 4.81. The first-order valence-electron chi connectivity index (χ1n) is 5.58. The number of rotatable bonds is 3. The van der Waals surface area contributed by atoms with Gasteiger partial charge in [0.25, 0.3) is 0 Å². The smallest absolute Gasteiger partial charge is 0.153 e. The van der Waals surface area contributed by atoms with Gasteiger partial charge in [-0.25, -0.2) is 4.68 Å². The number of aromatic nitrogens is 3. The fraction of sp³-hybridized carbons (Fsp3) is 0.800. The van der Waals surface area contributed by atoms with E-state index in [1.165, 1.54) is 6.42 Å². The third-order valence-corrected chi connectivity index (χ3v) is 3.58. The number of hydrogen-bond donors (Lipinski definition) is 1. The standard InChI is InChI=1S/C10H17BrN4O/c1-12-8(7-5-3-4-6-16-7)9-10(11)13-14-15(9)2/h7-8,12H,3-6H2,1-2H3. The first-order valence-corrected chi connectivity index (χ1v) is 6.37. The van der Waals surface area contributed by atoms with Crippen LogP contribution in [-0.2, 0) is 11.8 Å². The van der Waals surface area contributed by atoms with Gasteiger partial charge in [-0.3, -0.25) is 0 Å². The van der Waals surface area contributed by atoms with Crippen LogP contribution in [0.4, 0.5) is 0 Å². The van der Waals surface area contributed by atoms with Crippen molar-refractivity contribution in [3.05, 3.63) is 10.3 Å². The van der Waals surface area contributed by atoms with Crippen LogP contribution in [0.2, 0.25) is 0 Å². The highest BCUT2D eigenvalue weighted by atomic mass is 79.9. The zero-order valence-corrected chi connectivity index (χ0v) is 11.2. The van der Waals surface area contributed by atoms with Crippen LogP contribution in [0, 0.1) is 0 Å². The van der Waals surface area contributed by atoms with Gasteiger partial charge in [-0.05, 0) is 42.2 Å². The Morgan fingerprint density at radius 1 is 1.56 bits per heavy atom. The maximum Gasteiger partial charge on any atom is 0.153 e. The van der Waals surface area contributed by atoms with E-state index in [2.05, 4.69) is 31.6 Å². The summed E-state index contributed by atoms with van der Waals surface area (Å²) in [5.74, 6) is 0. The van der Waals surface area contributed by atoms with E-state index in [0.29, 0.717) is 0 Å². The van der Waals surface area contributed by atoms with Crippen LogP contribution in [-0.4, -0.2) is 34.8 Å². The Morgan fingerprint density at radius 3 is 2.88 bits per heavy atom. The second kappa shape index (κ2) is 5.25. The molecule has 0 saturated carbocycles. The van der Waals surface area contributed by atoms with E-state index in [-0.39, 0.29) is 12.1 Å². The molecule has 16 heavy (non-hydrogen) atoms. The van der Waals surface area contributed by atoms with Gasteiger partial charge in [0.15, 0.2) is 4.60 Å². The van der Waals surface area contributed by atoms with Crippen molar-refractivity contribution < 1.29 is 4.74 Å². The number of likely N-dealkylation sites (N-methyl/N-ethyl adjacent to an activating group) is 1. The lowest BCUT2D eigenvalue weighted by Crippen LogP contribution is -2.35. The number of ether oxygens (including phenoxy) is 1. The lowest BCUT2D eigenvalue weighted by Gasteiger charge is -2.30. The van der Waals surface area contributed by atoms with Gasteiger partial charge in [0.2, 0.25) is 0 Å². The molecule has 1 aromatic heterocycles. The summed E-state index contributed by atoms with van der Waals surface area (Å²) < 4.78 is 8.40. The Balaban J connectivity index is 2.21. The van der Waals surface area contributed by atoms with E-state index in [9.17, 15) is 0 Å². The molecule has 6 heteroatoms. The maximum absolute atomic E-state index is 5.81. The minimum absolute atomic E-state index is 0.148. The summed E-state index contributed by atoms with van der Waals surface area (Å²) in [6.07, 6.45) is 3.69. The van der Waals surface area contributed by atoms with E-state index < -0.39 is 0 Å². The fourth-order valence-corrected chi connectivity index (χ4v) is 2.77. The Labute approximate surface area is 104 Å². The monoisotopic (exact) mass is 288 g/mol. The predicted octanol–water partition coefficient (Wildman–Crippen LogP) is 1.41. The summed E-state index contributed by atoms with van der Waals surface area (Å²) in [6.45, 7) is 0.853. The van der Waals surface area contributed by atoms with Gasteiger partial charge >= 0.3 is 0 Å². The molecule has 5 nitrogen and oxygen atoms in total. The van der Waals surface area contributed by atoms with Crippen molar-refractivity contribution in [2.45, 2.75) is 31.4 Å². The maximum atomic E-state index is 5.81. The predicted molar refractivity (Wildman–Crippen MR) is 64.1 cm³/mol. The molecule has 0 bridgehead atoms. The quantitative estimate of drug-likeness (QED) is 0.914. The topological polar surface area (TPSA) is 52.0 Å². The van der Waals surface area contributed by atoms with Crippen molar-refractivity contribution >= 4 is 15.9 Å². The van der Waals surface area contributed by atoms with Crippen LogP contribution in [0.5, 0.6) is 0 Å². The summed E-state index contributed by atoms with van der Waals surface area (Å²) in [7, 11) is 3.85. The summed E-state index contributed by atoms with van der Waals surface area (Å²) in [5.41, 5.74) is 1.05. The number of nitrogens with one attached hydrogen (secondary N) is 1. The van der Waals surface area contributed by atoms with E-state index in [1.54, 1.807) is 4.68 Å². The SMILES string of the molecule is CNC(c1c(Br)nnn1C)C1CCCCO1. The summed E-state index contributed by atoms with van der Waals surface area (Å²) >= 11 is 3.44. The fourth-order valence-electron chi connectivity index (χ4n) is 2.20. The van der Waals surface area contributed by atoms with Gasteiger partial charge in [-0.15, -0.1) is 5.10 Å². The molecular formula is C10H17BrN4O. The molecule has 0 radical (unpaired) electrons. The van der Waals surface area contributed by atoms with Crippen molar-refractivity contribution in [2.24, 2.45) is 7.05 Å². The average Bonchev–Trinajstić information content (AvgIpc) is 2.63. The highest BCUT2D eigenvalue weighted by molar-refractivity contribution is 9.10. The van der Waals surface area contributed by atoms with Gasteiger partial charge in [-0.1, -0.05) is 5.21 Å². The van der Waals surface area contributed by atoms with Crippen molar-refractivity contribution in [3.8, 4) is 0 Å². The highest BCUT2D eigenvalue weighted by Gasteiger charge is 2.29. The molecule has 2 rings (SSSR count). The minimum atomic E-state index is 0.148. The molecule has 1 saturated heterocycles. The van der Waals surface area contributed by atoms with Gasteiger partial charge in [0.05, 0.1) is 17.8 Å². The Morgan fingerprint density at radius 2 is 2.38 bits per heavy atom. The van der Waals surface area contributed by atoms with Crippen LogP contribution in [0.1, 0.15) is 31.0 Å². The molecule has 1 aliphatic heterocycles. The normalized spacial score (nSPS) is 23.3. The molecule has 0 aliphatic carbocycles. The number of hydrogen-bond acceptors (Lipinski definition) is 4. The Bertz CT molecular complexity index is 329. The molecule has 2 atom stereocenters. The van der Waals surface area contributed by atoms with E-state index >= 15 is 0 Å². The second-order valence-electron chi connectivity index (χ2n) is 4.06. The van der Waals surface area contributed by atoms with E-state index in [0.717, 1.165) is 29.7 Å². The van der Waals surface area contributed by atoms with Crippen LogP contribution in [0.25, 0.3) is 0 Å². The van der Waals surface area contributed by atoms with Gasteiger partial charge in [0, 0.05) is 13.7 Å². The number of aryl methyl sites for hydroxylation is 1. The molecule has 1 N–H and O–H groups in total. The van der Waals surface area contributed by atoms with Gasteiger partial charge in [-0.2, -0.15) is 0 Å². The first kappa shape index (κ1) is 12.0. The molecule has 0 amide bonds. The molecular weight excluding hydrogens is 272 g/mol. The molecule has 2 unspecified atom stereocenters. The third kappa shape index (κ3) is 2.28. The first-order chi connectivity index (χ1) is 7.74. The lowest BCUT2D eigenvalue weighted by molar-refractivity contribution is -0.00837. The summed E-state index contributed by atoms with van der Waals surface area (Å²) in [6, 6.07) is 0.148. The van der Waals surface area contributed by atoms with Crippen molar-refractivity contribution in [1.29, 1.82) is 0 Å². The molecule has 1 aliphatic rings. The molecule has 1 fully saturated rings. The van der Waals surface area contributed by atoms with Gasteiger partial charge in [0.1, 0.15) is 0 Å². The summed E-state index contributed by atoms with van der Waals surface area (Å²) in [4.78, 5) is 0. The highest BCUT2D eigenvalue weighted by Crippen LogP contribution is 2.29. The zero-order valence-electron chi connectivity index (χ0n) is 9.61. The van der Waals surface area contributed by atoms with Crippen LogP contribution in [0.3, 0.4) is 0 Å². The van der Waals surface area contributed by atoms with Crippen LogP contribution < -0.4 is 5.32 Å². The third-order valence-electron chi connectivity index (χ3n) is 3.02. The average molecular weight is 289 g/mol. The molecule has 1 aromatic rings. The Hall–Kier alpha value is -0.460. The molecule has 0 spiro atoms. The minimum Gasteiger partial charge on any atom is -0.376 e. The van der Waals surface area contributed by atoms with E-state index in [4.69, 9.17) is 4.74 Å². The van der Waals surface area contributed by atoms with E-state index in [1.807, 2.05) is 14.1 Å². The van der Waals surface area contributed by atoms with Crippen molar-refractivity contribution in [2.75, 3.05) is 13.7 Å². The zero-order chi connectivity index (χ0) is 11.5. The van der Waals surface area contributed by atoms with Crippen molar-refractivity contribution in [1.82, 2.24) is 20.3 Å². The lowest BCUT2D eigenvalue weighted by atomic mass is 10.00. The summed E-state index contributed by atoms with van der Waals surface area (Å²) in [5, 5.41) is 11.3.